The first-order valence-corrected chi connectivity index (χ1v) is 44.5. The number of nitrogens with one attached hydrogen (secondary N) is 4. The molecule has 27 nitrogen and oxygen atoms in total. The van der Waals surface area contributed by atoms with Crippen LogP contribution in [0.5, 0.6) is 0 Å². The third-order valence-electron chi connectivity index (χ3n) is 21.2. The van der Waals surface area contributed by atoms with E-state index in [1.54, 1.807) is 36.4 Å². The van der Waals surface area contributed by atoms with Crippen molar-refractivity contribution in [3.8, 4) is 0 Å². The molecule has 16 rings (SSSR count). The van der Waals surface area contributed by atoms with Crippen LogP contribution in [0.2, 0.25) is 20.1 Å². The van der Waals surface area contributed by atoms with E-state index in [2.05, 4.69) is 113 Å². The van der Waals surface area contributed by atoms with E-state index in [1.807, 2.05) is 11.8 Å². The van der Waals surface area contributed by atoms with Gasteiger partial charge in [0.05, 0.1) is 109 Å². The van der Waals surface area contributed by atoms with Gasteiger partial charge in [0.15, 0.2) is 46.6 Å². The predicted octanol–water partition coefficient (Wildman–Crippen LogP) is 13.8. The van der Waals surface area contributed by atoms with Gasteiger partial charge in [-0.2, -0.15) is 11.8 Å². The summed E-state index contributed by atoms with van der Waals surface area (Å²) in [7, 11) is 5.09. The Morgan fingerprint density at radius 2 is 0.672 bits per heavy atom. The molecule has 131 heavy (non-hydrogen) atoms. The first-order chi connectivity index (χ1) is 63.1. The van der Waals surface area contributed by atoms with Gasteiger partial charge in [-0.1, -0.05) is 103 Å². The number of pyridine rings is 4. The molecule has 43 heteroatoms. The minimum absolute atomic E-state index is 0.0182. The number of amidine groups is 4. The van der Waals surface area contributed by atoms with Crippen molar-refractivity contribution in [2.75, 3.05) is 158 Å². The summed E-state index contributed by atoms with van der Waals surface area (Å²) in [6, 6.07) is 19.0. The van der Waals surface area contributed by atoms with E-state index < -0.39 is 100 Å². The summed E-state index contributed by atoms with van der Waals surface area (Å²) in [6.45, 7) is 10.2. The first-order valence-electron chi connectivity index (χ1n) is 40.3. The zero-order valence-corrected chi connectivity index (χ0v) is 77.0. The van der Waals surface area contributed by atoms with E-state index in [9.17, 15) is 58.7 Å². The lowest BCUT2D eigenvalue weighted by Gasteiger charge is -2.32. The Hall–Kier alpha value is -10.2. The minimum atomic E-state index is -0.953. The Labute approximate surface area is 786 Å². The number of aromatic nitrogens is 4. The molecule has 0 spiro atoms. The van der Waals surface area contributed by atoms with Gasteiger partial charge in [-0.15, -0.1) is 0 Å². The first kappa shape index (κ1) is 98.3. The van der Waals surface area contributed by atoms with Crippen LogP contribution in [-0.2, 0) is 52.3 Å². The number of ether oxygens (including phenoxy) is 7. The highest BCUT2D eigenvalue weighted by Crippen LogP contribution is 2.43. The molecular weight excluding hydrogens is 1960 g/mol. The van der Waals surface area contributed by atoms with Gasteiger partial charge in [0.25, 0.3) is 0 Å². The van der Waals surface area contributed by atoms with E-state index in [0.29, 0.717) is 180 Å². The van der Waals surface area contributed by atoms with Crippen LogP contribution < -0.4 is 21.3 Å². The standard InChI is InChI=1S/C22H20BrF3N4O3.C22H21BrF2N4O3.C22H20Cl2F2N4O3.C22H20Cl2F2N4O2S/c1-32-22(31)18-17(11-30-4-6-33-7-5-30)28-21(20-16(26)9-13(25)10-27-20)29-19(18)14-3-2-12(24)8-15(14)23;1-31-22(30)18-17(12-29-7-9-32-10-8-29)27-21(20-16(25)3-2-6-26-20)28-19(18)14-5-4-13(24)11-15(14)23;2*1-32-22(31)18-17(11-30-4-6-33-7-5-30)28-21(20-16(26)9-13(25)10-27-20)29-19(18)14-3-2-12(23)8-15(14)24/h2-3,8-10,19H,4-7,11H2,1H3,(H,28,29);2-6,11,19H,7-10,12H2,1H3,(H,27,28);2*2-3,8-10,19H,4-7,11H2,1H3,(H,28,29)/t19-;;;/m0.../s1. The number of hydrogen-bond acceptors (Lipinski definition) is 28. The van der Waals surface area contributed by atoms with E-state index in [-0.39, 0.29) is 73.4 Å². The van der Waals surface area contributed by atoms with Crippen LogP contribution in [0.25, 0.3) is 0 Å². The molecule has 4 aromatic carbocycles. The van der Waals surface area contributed by atoms with Crippen molar-refractivity contribution < 1.29 is 91.8 Å². The number of carbonyl (C=O) groups is 4. The average Bonchev–Trinajstić information content (AvgIpc) is 0.781. The van der Waals surface area contributed by atoms with E-state index >= 15 is 0 Å². The van der Waals surface area contributed by atoms with E-state index in [1.165, 1.54) is 83.2 Å². The minimum Gasteiger partial charge on any atom is -0.466 e. The molecule has 8 aromatic rings. The van der Waals surface area contributed by atoms with Crippen molar-refractivity contribution in [1.82, 2.24) is 60.8 Å². The smallest absolute Gasteiger partial charge is 0.338 e. The van der Waals surface area contributed by atoms with Gasteiger partial charge in [-0.3, -0.25) is 39.6 Å². The number of morpholine rings is 3. The number of rotatable bonds is 20. The fraction of sp³-hybridized carbons (Fsp3) is 0.318. The van der Waals surface area contributed by atoms with Gasteiger partial charge >= 0.3 is 23.9 Å². The number of halogens is 15. The normalized spacial score (nSPS) is 19.2. The molecule has 12 heterocycles. The molecule has 4 N–H and O–H groups in total. The van der Waals surface area contributed by atoms with Gasteiger partial charge in [0, 0.05) is 177 Å². The quantitative estimate of drug-likeness (QED) is 0.0313. The van der Waals surface area contributed by atoms with Crippen LogP contribution in [0, 0.1) is 52.4 Å². The van der Waals surface area contributed by atoms with Crippen molar-refractivity contribution in [3.05, 3.63) is 299 Å². The Bertz CT molecular complexity index is 5490. The Kier molecular flexibility index (Phi) is 34.5. The molecule has 4 atom stereocenters. The van der Waals surface area contributed by atoms with Crippen LogP contribution in [0.1, 0.15) is 69.2 Å². The fourth-order valence-electron chi connectivity index (χ4n) is 14.8. The summed E-state index contributed by atoms with van der Waals surface area (Å²) in [5.41, 5.74) is 4.31. The van der Waals surface area contributed by atoms with Gasteiger partial charge in [-0.25, -0.2) is 78.6 Å². The summed E-state index contributed by atoms with van der Waals surface area (Å²) in [5.74, 6) is -6.79. The molecule has 0 saturated carbocycles. The summed E-state index contributed by atoms with van der Waals surface area (Å²) in [5, 5.41) is 13.6. The molecule has 4 aromatic heterocycles. The topological polar surface area (TPSA) is 295 Å². The lowest BCUT2D eigenvalue weighted by Crippen LogP contribution is -2.43. The van der Waals surface area contributed by atoms with Crippen molar-refractivity contribution in [3.63, 3.8) is 0 Å². The van der Waals surface area contributed by atoms with Crippen LogP contribution in [-0.4, -0.2) is 245 Å². The maximum absolute atomic E-state index is 14.6. The third-order valence-corrected chi connectivity index (χ3v) is 24.6. The second-order valence-corrected chi connectivity index (χ2v) is 34.2. The maximum atomic E-state index is 14.6. The Morgan fingerprint density at radius 1 is 0.382 bits per heavy atom. The summed E-state index contributed by atoms with van der Waals surface area (Å²) in [6.07, 6.45) is 4.15. The number of nitrogens with zero attached hydrogens (tertiary/aromatic N) is 12. The molecule has 4 fully saturated rings. The molecule has 0 bridgehead atoms. The monoisotopic (exact) mass is 2040 g/mol. The molecule has 0 amide bonds. The van der Waals surface area contributed by atoms with Crippen LogP contribution >= 0.6 is 90.0 Å². The summed E-state index contributed by atoms with van der Waals surface area (Å²) >= 11 is 33.6. The third kappa shape index (κ3) is 24.6. The Morgan fingerprint density at radius 3 is 0.954 bits per heavy atom. The lowest BCUT2D eigenvalue weighted by atomic mass is 9.95. The van der Waals surface area contributed by atoms with Crippen LogP contribution in [0.15, 0.2) is 202 Å². The highest BCUT2D eigenvalue weighted by Gasteiger charge is 2.41. The molecular formula is C88H81Br2Cl4F9N16O11S. The number of benzene rings is 4. The molecule has 8 aliphatic rings. The number of hydrogen-bond donors (Lipinski definition) is 4. The number of carbonyl (C=O) groups excluding carboxylic acids is 4. The molecule has 4 saturated heterocycles. The van der Waals surface area contributed by atoms with Gasteiger partial charge < -0.3 is 54.4 Å². The highest BCUT2D eigenvalue weighted by atomic mass is 79.9. The van der Waals surface area contributed by atoms with Gasteiger partial charge in [-0.05, 0) is 71.8 Å². The SMILES string of the molecule is COC(=O)C1=C(CN2CCOCC2)NC(c2ncc(F)cc2F)=NC1c1ccc(Cl)cc1Cl.COC(=O)C1=C(CN2CCOCC2)NC(c2ncc(F)cc2F)=N[C@H]1c1ccc(F)cc1Br.COC(=O)C1=C(CN2CCOCC2)NC(c2ncccc2F)=NC1c1ccc(F)cc1Br.COC(=O)C1=C(CN2CCSCC2)NC(c2ncc(F)cc2F)=NC1c1ccc(Cl)cc1Cl. The zero-order valence-electron chi connectivity index (χ0n) is 70.0. The van der Waals surface area contributed by atoms with Crippen LogP contribution in [0.4, 0.5) is 39.5 Å². The number of esters is 4. The van der Waals surface area contributed by atoms with E-state index in [0.717, 1.165) is 55.3 Å². The number of methoxy groups -OCH3 is 4. The maximum Gasteiger partial charge on any atom is 0.338 e. The molecule has 8 aliphatic heterocycles. The summed E-state index contributed by atoms with van der Waals surface area (Å²) < 4.78 is 163. The molecule has 0 aliphatic carbocycles. The van der Waals surface area contributed by atoms with Gasteiger partial charge in [0.2, 0.25) is 0 Å². The van der Waals surface area contributed by atoms with Gasteiger partial charge in [0.1, 0.15) is 76.0 Å². The van der Waals surface area contributed by atoms with E-state index in [4.69, 9.17) is 79.6 Å². The predicted molar refractivity (Wildman–Crippen MR) is 479 cm³/mol. The average molecular weight is 2040 g/mol. The Balaban J connectivity index is 0.000000149. The van der Waals surface area contributed by atoms with Crippen LogP contribution in [0.3, 0.4) is 0 Å². The molecule has 0 radical (unpaired) electrons. The second kappa shape index (κ2) is 45.9. The fourth-order valence-corrected chi connectivity index (χ4v) is 18.0. The van der Waals surface area contributed by atoms with Crippen molar-refractivity contribution in [2.45, 2.75) is 24.2 Å². The molecule has 3 unspecified atom stereocenters. The summed E-state index contributed by atoms with van der Waals surface area (Å²) in [4.78, 5) is 94.0. The van der Waals surface area contributed by atoms with Crippen molar-refractivity contribution >= 4 is 137 Å². The second-order valence-electron chi connectivity index (χ2n) is 29.6. The van der Waals surface area contributed by atoms with Crippen molar-refractivity contribution in [1.29, 1.82) is 0 Å². The highest BCUT2D eigenvalue weighted by molar-refractivity contribution is 9.10. The largest absolute Gasteiger partial charge is 0.466 e. The number of thioether (sulfide) groups is 1. The molecule has 690 valence electrons. The number of aliphatic imine (C=N–C) groups is 4. The zero-order chi connectivity index (χ0) is 93.3. The van der Waals surface area contributed by atoms with Crippen molar-refractivity contribution in [2.24, 2.45) is 20.0 Å². The lowest BCUT2D eigenvalue weighted by molar-refractivity contribution is -0.137.